The van der Waals surface area contributed by atoms with E-state index in [0.29, 0.717) is 5.56 Å². The number of fused-ring (bicyclic) bond motifs is 1. The fourth-order valence-electron chi connectivity index (χ4n) is 2.36. The number of nitrogens with zero attached hydrogens (tertiary/aromatic N) is 4. The molecule has 136 valence electrons. The first-order chi connectivity index (χ1) is 12.2. The highest BCUT2D eigenvalue weighted by atomic mass is 32.2. The van der Waals surface area contributed by atoms with E-state index in [9.17, 15) is 13.2 Å². The van der Waals surface area contributed by atoms with Gasteiger partial charge < -0.3 is 4.90 Å². The molecular weight excluding hydrogens is 374 g/mol. The van der Waals surface area contributed by atoms with Crippen LogP contribution in [0.1, 0.15) is 12.5 Å². The summed E-state index contributed by atoms with van der Waals surface area (Å²) in [5.74, 6) is -0.976. The number of amides is 1. The molecule has 0 spiro atoms. The standard InChI is InChI=1S/C16H17N5O3S2/c1-4-26(23,24)16-19-25-15-18-14(22)12(13(17)21(15)16)9-10-5-7-11(8-6-10)20(2)3/h5-9,17H,4H2,1-3H3/b12-9-,17-13?. The van der Waals surface area contributed by atoms with Crippen molar-refractivity contribution in [1.29, 1.82) is 5.41 Å². The number of sulfone groups is 1. The van der Waals surface area contributed by atoms with Crippen molar-refractivity contribution in [2.24, 2.45) is 9.39 Å². The largest absolute Gasteiger partial charge is 0.378 e. The zero-order valence-corrected chi connectivity index (χ0v) is 16.1. The Balaban J connectivity index is 1.99. The summed E-state index contributed by atoms with van der Waals surface area (Å²) in [7, 11) is 0.201. The Morgan fingerprint density at radius 1 is 1.27 bits per heavy atom. The Kier molecular flexibility index (Phi) is 4.72. The van der Waals surface area contributed by atoms with Crippen LogP contribution in [0.25, 0.3) is 6.08 Å². The molecule has 8 nitrogen and oxygen atoms in total. The molecule has 0 fully saturated rings. The SMILES string of the molecule is CCS(=O)(=O)C1=NSC2=NC(=O)/C(=C\c3ccc(N(C)C)cc3)C(=N)N21. The van der Waals surface area contributed by atoms with Crippen molar-refractivity contribution < 1.29 is 13.2 Å². The van der Waals surface area contributed by atoms with E-state index in [1.54, 1.807) is 0 Å². The van der Waals surface area contributed by atoms with Gasteiger partial charge in [-0.1, -0.05) is 19.1 Å². The van der Waals surface area contributed by atoms with Crippen LogP contribution in [-0.4, -0.2) is 55.2 Å². The third-order valence-corrected chi connectivity index (χ3v) is 6.28. The van der Waals surface area contributed by atoms with Crippen molar-refractivity contribution in [2.75, 3.05) is 24.7 Å². The van der Waals surface area contributed by atoms with Gasteiger partial charge in [-0.3, -0.25) is 10.2 Å². The maximum Gasteiger partial charge on any atom is 0.283 e. The predicted molar refractivity (Wildman–Crippen MR) is 105 cm³/mol. The quantitative estimate of drug-likeness (QED) is 0.622. The second-order valence-corrected chi connectivity index (χ2v) is 8.70. The second-order valence-electron chi connectivity index (χ2n) is 5.80. The number of rotatable bonds is 3. The fraction of sp³-hybridized carbons (Fsp3) is 0.250. The minimum Gasteiger partial charge on any atom is -0.378 e. The number of anilines is 1. The van der Waals surface area contributed by atoms with Gasteiger partial charge in [0.1, 0.15) is 5.84 Å². The van der Waals surface area contributed by atoms with Gasteiger partial charge in [0.05, 0.1) is 23.3 Å². The zero-order valence-electron chi connectivity index (χ0n) is 14.4. The second kappa shape index (κ2) is 6.69. The van der Waals surface area contributed by atoms with E-state index < -0.39 is 15.7 Å². The Morgan fingerprint density at radius 2 is 1.92 bits per heavy atom. The van der Waals surface area contributed by atoms with E-state index in [-0.39, 0.29) is 27.5 Å². The lowest BCUT2D eigenvalue weighted by Crippen LogP contribution is -2.45. The van der Waals surface area contributed by atoms with Gasteiger partial charge >= 0.3 is 0 Å². The molecule has 0 atom stereocenters. The van der Waals surface area contributed by atoms with Crippen molar-refractivity contribution in [2.45, 2.75) is 6.92 Å². The highest BCUT2D eigenvalue weighted by Crippen LogP contribution is 2.30. The van der Waals surface area contributed by atoms with Crippen molar-refractivity contribution in [1.82, 2.24) is 4.90 Å². The Labute approximate surface area is 155 Å². The van der Waals surface area contributed by atoms with Crippen molar-refractivity contribution in [3.8, 4) is 0 Å². The third kappa shape index (κ3) is 3.17. The Morgan fingerprint density at radius 3 is 2.50 bits per heavy atom. The lowest BCUT2D eigenvalue weighted by molar-refractivity contribution is -0.114. The molecule has 1 aromatic rings. The number of aliphatic imine (C=N–C) groups is 1. The molecule has 1 aromatic carbocycles. The zero-order chi connectivity index (χ0) is 19.1. The molecule has 0 aromatic heterocycles. The van der Waals surface area contributed by atoms with E-state index in [0.717, 1.165) is 22.5 Å². The number of carbonyl (C=O) groups is 1. The molecule has 0 saturated heterocycles. The van der Waals surface area contributed by atoms with Crippen LogP contribution in [0.15, 0.2) is 39.2 Å². The molecule has 2 heterocycles. The van der Waals surface area contributed by atoms with E-state index in [4.69, 9.17) is 5.41 Å². The van der Waals surface area contributed by atoms with Crippen LogP contribution in [0.3, 0.4) is 0 Å². The predicted octanol–water partition coefficient (Wildman–Crippen LogP) is 1.76. The molecule has 2 aliphatic rings. The average Bonchev–Trinajstić information content (AvgIpc) is 3.03. The van der Waals surface area contributed by atoms with Crippen LogP contribution in [0, 0.1) is 5.41 Å². The molecule has 2 aliphatic heterocycles. The highest BCUT2D eigenvalue weighted by molar-refractivity contribution is 8.16. The van der Waals surface area contributed by atoms with Crippen molar-refractivity contribution in [3.05, 3.63) is 35.4 Å². The van der Waals surface area contributed by atoms with Crippen LogP contribution >= 0.6 is 11.9 Å². The van der Waals surface area contributed by atoms with E-state index in [1.807, 2.05) is 43.3 Å². The minimum absolute atomic E-state index is 0.0212. The molecule has 0 saturated carbocycles. The highest BCUT2D eigenvalue weighted by Gasteiger charge is 2.41. The van der Waals surface area contributed by atoms with E-state index in [1.165, 1.54) is 13.0 Å². The Hall–Kier alpha value is -2.46. The maximum atomic E-state index is 12.3. The van der Waals surface area contributed by atoms with E-state index >= 15 is 0 Å². The molecule has 0 aliphatic carbocycles. The summed E-state index contributed by atoms with van der Waals surface area (Å²) in [6.45, 7) is 1.50. The molecule has 0 radical (unpaired) electrons. The molecule has 1 amide bonds. The molecular formula is C16H17N5O3S2. The number of amidine groups is 3. The molecule has 1 N–H and O–H groups in total. The lowest BCUT2D eigenvalue weighted by Gasteiger charge is -2.24. The summed E-state index contributed by atoms with van der Waals surface area (Å²) < 4.78 is 28.3. The van der Waals surface area contributed by atoms with Gasteiger partial charge in [0.15, 0.2) is 0 Å². The van der Waals surface area contributed by atoms with E-state index in [2.05, 4.69) is 9.39 Å². The molecule has 0 unspecified atom stereocenters. The van der Waals surface area contributed by atoms with Crippen LogP contribution in [-0.2, 0) is 14.6 Å². The number of carbonyl (C=O) groups excluding carboxylic acids is 1. The van der Waals surface area contributed by atoms with Crippen LogP contribution < -0.4 is 4.90 Å². The van der Waals surface area contributed by atoms with Crippen molar-refractivity contribution >= 4 is 55.6 Å². The van der Waals surface area contributed by atoms with Gasteiger partial charge in [-0.15, -0.1) is 0 Å². The number of hydrogen-bond donors (Lipinski definition) is 1. The van der Waals surface area contributed by atoms with Gasteiger partial charge in [-0.2, -0.15) is 9.39 Å². The summed E-state index contributed by atoms with van der Waals surface area (Å²) in [6.07, 6.45) is 1.53. The smallest absolute Gasteiger partial charge is 0.283 e. The van der Waals surface area contributed by atoms with Crippen LogP contribution in [0.2, 0.25) is 0 Å². The minimum atomic E-state index is -3.64. The van der Waals surface area contributed by atoms with Gasteiger partial charge in [0.2, 0.25) is 20.2 Å². The molecule has 10 heteroatoms. The lowest BCUT2D eigenvalue weighted by atomic mass is 10.1. The van der Waals surface area contributed by atoms with Crippen LogP contribution in [0.5, 0.6) is 0 Å². The van der Waals surface area contributed by atoms with Gasteiger partial charge in [-0.05, 0) is 23.8 Å². The topological polar surface area (TPSA) is 106 Å². The molecule has 0 bridgehead atoms. The molecule has 3 rings (SSSR count). The summed E-state index contributed by atoms with van der Waals surface area (Å²) >= 11 is 0.788. The maximum absolute atomic E-state index is 12.3. The first-order valence-electron chi connectivity index (χ1n) is 7.73. The summed E-state index contributed by atoms with van der Waals surface area (Å²) in [5, 5.41) is 8.17. The summed E-state index contributed by atoms with van der Waals surface area (Å²) in [6, 6.07) is 7.41. The van der Waals surface area contributed by atoms with Crippen LogP contribution in [0.4, 0.5) is 5.69 Å². The first-order valence-corrected chi connectivity index (χ1v) is 10.2. The van der Waals surface area contributed by atoms with Gasteiger partial charge in [0, 0.05) is 19.8 Å². The third-order valence-electron chi connectivity index (χ3n) is 3.87. The van der Waals surface area contributed by atoms with Gasteiger partial charge in [-0.25, -0.2) is 13.3 Å². The molecule has 26 heavy (non-hydrogen) atoms. The Bertz CT molecular complexity index is 976. The normalized spacial score (nSPS) is 18.7. The summed E-state index contributed by atoms with van der Waals surface area (Å²) in [5.41, 5.74) is 1.73. The van der Waals surface area contributed by atoms with Gasteiger partial charge in [0.25, 0.3) is 5.91 Å². The monoisotopic (exact) mass is 391 g/mol. The number of hydrogen-bond acceptors (Lipinski definition) is 7. The fourth-order valence-corrected chi connectivity index (χ4v) is 4.33. The first kappa shape index (κ1) is 18.3. The average molecular weight is 391 g/mol. The number of nitrogens with one attached hydrogen (secondary N) is 1. The number of benzene rings is 1. The summed E-state index contributed by atoms with van der Waals surface area (Å²) in [4.78, 5) is 19.3. The van der Waals surface area contributed by atoms with Crippen molar-refractivity contribution in [3.63, 3.8) is 0 Å².